The van der Waals surface area contributed by atoms with Gasteiger partial charge in [0.2, 0.25) is 11.8 Å². The summed E-state index contributed by atoms with van der Waals surface area (Å²) in [5.41, 5.74) is 3.09. The zero-order valence-electron chi connectivity index (χ0n) is 25.3. The van der Waals surface area contributed by atoms with Crippen LogP contribution in [0.2, 0.25) is 0 Å². The summed E-state index contributed by atoms with van der Waals surface area (Å²) in [6, 6.07) is -0.123. The van der Waals surface area contributed by atoms with Crippen LogP contribution in [0.3, 0.4) is 0 Å². The van der Waals surface area contributed by atoms with Gasteiger partial charge in [0.15, 0.2) is 0 Å². The highest BCUT2D eigenvalue weighted by atomic mass is 16.6. The molecule has 0 aromatic rings. The SMILES string of the molecule is CC(=O)O[C@@H](C)/C=C\C(=O)NC1C[C@H](C)[C@H](C/C=C(C)/C=C/[C@H]2O[C@H](CC(=O)NN(C)C)C[C@@]3(CO3)[C@@H]2O)OC1C. The zero-order chi connectivity index (χ0) is 30.3. The molecule has 1 spiro atoms. The zero-order valence-corrected chi connectivity index (χ0v) is 25.3. The van der Waals surface area contributed by atoms with E-state index >= 15 is 0 Å². The third kappa shape index (κ3) is 10.0. The maximum Gasteiger partial charge on any atom is 0.303 e. The molecule has 41 heavy (non-hydrogen) atoms. The molecule has 9 atom stereocenters. The molecule has 3 N–H and O–H groups in total. The van der Waals surface area contributed by atoms with E-state index < -0.39 is 29.9 Å². The maximum atomic E-state index is 12.4. The van der Waals surface area contributed by atoms with Crippen LogP contribution in [0.5, 0.6) is 0 Å². The molecule has 230 valence electrons. The van der Waals surface area contributed by atoms with E-state index in [0.717, 1.165) is 12.0 Å². The van der Waals surface area contributed by atoms with Gasteiger partial charge in [0.05, 0.1) is 37.4 Å². The Bertz CT molecular complexity index is 1020. The fourth-order valence-corrected chi connectivity index (χ4v) is 5.39. The van der Waals surface area contributed by atoms with E-state index in [4.69, 9.17) is 18.9 Å². The summed E-state index contributed by atoms with van der Waals surface area (Å²) >= 11 is 0. The largest absolute Gasteiger partial charge is 0.459 e. The number of esters is 1. The summed E-state index contributed by atoms with van der Waals surface area (Å²) in [5.74, 6) is -0.568. The van der Waals surface area contributed by atoms with Crippen LogP contribution in [-0.2, 0) is 33.3 Å². The van der Waals surface area contributed by atoms with E-state index in [1.54, 1.807) is 32.1 Å². The average Bonchev–Trinajstić information content (AvgIpc) is 3.64. The lowest BCUT2D eigenvalue weighted by molar-refractivity contribution is -0.147. The van der Waals surface area contributed by atoms with Crippen molar-refractivity contribution in [1.82, 2.24) is 15.8 Å². The third-order valence-electron chi connectivity index (χ3n) is 7.69. The first kappa shape index (κ1) is 32.9. The second kappa shape index (κ2) is 14.6. The molecule has 0 saturated carbocycles. The normalized spacial score (nSPS) is 34.7. The second-order valence-corrected chi connectivity index (χ2v) is 11.8. The predicted molar refractivity (Wildman–Crippen MR) is 152 cm³/mol. The summed E-state index contributed by atoms with van der Waals surface area (Å²) in [6.45, 7) is 9.54. The number of amides is 2. The number of ether oxygens (including phenoxy) is 4. The molecule has 11 heteroatoms. The van der Waals surface area contributed by atoms with E-state index in [0.29, 0.717) is 19.4 Å². The summed E-state index contributed by atoms with van der Waals surface area (Å²) in [6.07, 6.45) is 8.60. The lowest BCUT2D eigenvalue weighted by atomic mass is 9.87. The van der Waals surface area contributed by atoms with Crippen molar-refractivity contribution >= 4 is 17.8 Å². The Balaban J connectivity index is 1.50. The molecule has 3 saturated heterocycles. The van der Waals surface area contributed by atoms with Crippen molar-refractivity contribution in [3.63, 3.8) is 0 Å². The van der Waals surface area contributed by atoms with Gasteiger partial charge in [-0.15, -0.1) is 0 Å². The number of carbonyl (C=O) groups is 3. The summed E-state index contributed by atoms with van der Waals surface area (Å²) in [5, 5.41) is 15.4. The van der Waals surface area contributed by atoms with Gasteiger partial charge < -0.3 is 29.4 Å². The van der Waals surface area contributed by atoms with Crippen molar-refractivity contribution in [3.05, 3.63) is 36.0 Å². The van der Waals surface area contributed by atoms with Crippen LogP contribution in [0, 0.1) is 5.92 Å². The number of rotatable bonds is 11. The molecular weight excluding hydrogens is 530 g/mol. The van der Waals surface area contributed by atoms with Crippen LogP contribution in [0.1, 0.15) is 60.3 Å². The van der Waals surface area contributed by atoms with Crippen LogP contribution < -0.4 is 10.7 Å². The Morgan fingerprint density at radius 2 is 1.88 bits per heavy atom. The molecule has 2 amide bonds. The quantitative estimate of drug-likeness (QED) is 0.111. The van der Waals surface area contributed by atoms with Gasteiger partial charge in [0.1, 0.15) is 23.9 Å². The number of epoxide rings is 1. The van der Waals surface area contributed by atoms with E-state index in [-0.39, 0.29) is 48.5 Å². The van der Waals surface area contributed by atoms with Gasteiger partial charge in [-0.3, -0.25) is 19.8 Å². The van der Waals surface area contributed by atoms with Crippen molar-refractivity contribution in [2.75, 3.05) is 20.7 Å². The number of carbonyl (C=O) groups excluding carboxylic acids is 3. The second-order valence-electron chi connectivity index (χ2n) is 11.8. The molecule has 3 fully saturated rings. The van der Waals surface area contributed by atoms with Crippen molar-refractivity contribution in [3.8, 4) is 0 Å². The topological polar surface area (TPSA) is 139 Å². The Hall–Kier alpha value is -2.57. The minimum atomic E-state index is -0.797. The lowest BCUT2D eigenvalue weighted by Gasteiger charge is -2.39. The smallest absolute Gasteiger partial charge is 0.303 e. The van der Waals surface area contributed by atoms with Crippen molar-refractivity contribution in [1.29, 1.82) is 0 Å². The number of hydrazine groups is 1. The van der Waals surface area contributed by atoms with Gasteiger partial charge in [-0.1, -0.05) is 30.7 Å². The van der Waals surface area contributed by atoms with Crippen LogP contribution in [-0.4, -0.2) is 96.9 Å². The fraction of sp³-hybridized carbons (Fsp3) is 0.700. The van der Waals surface area contributed by atoms with Gasteiger partial charge in [0, 0.05) is 33.5 Å². The number of hydrogen-bond donors (Lipinski definition) is 3. The maximum absolute atomic E-state index is 12.4. The first-order valence-electron chi connectivity index (χ1n) is 14.4. The monoisotopic (exact) mass is 577 g/mol. The van der Waals surface area contributed by atoms with Crippen molar-refractivity contribution in [2.45, 2.75) is 109 Å². The number of nitrogens with one attached hydrogen (secondary N) is 2. The highest BCUT2D eigenvalue weighted by Gasteiger charge is 2.58. The Labute approximate surface area is 243 Å². The molecule has 3 heterocycles. The van der Waals surface area contributed by atoms with Gasteiger partial charge in [-0.25, -0.2) is 5.01 Å². The molecule has 0 aromatic carbocycles. The van der Waals surface area contributed by atoms with Crippen LogP contribution in [0.25, 0.3) is 0 Å². The van der Waals surface area contributed by atoms with E-state index in [2.05, 4.69) is 23.7 Å². The Kier molecular flexibility index (Phi) is 11.7. The van der Waals surface area contributed by atoms with Crippen LogP contribution in [0.15, 0.2) is 36.0 Å². The van der Waals surface area contributed by atoms with Crippen molar-refractivity contribution in [2.24, 2.45) is 5.92 Å². The molecule has 0 aliphatic carbocycles. The number of aliphatic hydroxyl groups is 1. The van der Waals surface area contributed by atoms with Gasteiger partial charge in [-0.2, -0.15) is 0 Å². The molecule has 3 rings (SSSR count). The van der Waals surface area contributed by atoms with Gasteiger partial charge in [-0.05, 0) is 45.6 Å². The first-order chi connectivity index (χ1) is 19.3. The fourth-order valence-electron chi connectivity index (χ4n) is 5.39. The van der Waals surface area contributed by atoms with E-state index in [1.165, 1.54) is 13.0 Å². The number of allylic oxidation sites excluding steroid dienone is 2. The first-order valence-corrected chi connectivity index (χ1v) is 14.4. The molecule has 0 bridgehead atoms. The minimum Gasteiger partial charge on any atom is -0.459 e. The van der Waals surface area contributed by atoms with Crippen LogP contribution in [0.4, 0.5) is 0 Å². The summed E-state index contributed by atoms with van der Waals surface area (Å²) < 4.78 is 23.0. The average molecular weight is 578 g/mol. The Morgan fingerprint density at radius 3 is 2.51 bits per heavy atom. The van der Waals surface area contributed by atoms with Gasteiger partial charge in [0.25, 0.3) is 0 Å². The number of hydrogen-bond acceptors (Lipinski definition) is 9. The van der Waals surface area contributed by atoms with Crippen LogP contribution >= 0.6 is 0 Å². The summed E-state index contributed by atoms with van der Waals surface area (Å²) in [7, 11) is 3.50. The summed E-state index contributed by atoms with van der Waals surface area (Å²) in [4.78, 5) is 35.6. The van der Waals surface area contributed by atoms with E-state index in [9.17, 15) is 19.5 Å². The van der Waals surface area contributed by atoms with Gasteiger partial charge >= 0.3 is 5.97 Å². The molecule has 0 aromatic heterocycles. The van der Waals surface area contributed by atoms with E-state index in [1.807, 2.05) is 26.0 Å². The standard InChI is InChI=1S/C30H47N3O8/c1-18(9-12-26-29(37)30(17-38-30)16-23(41-26)15-28(36)32-33(6)7)8-11-25-19(2)14-24(21(4)40-25)31-27(35)13-10-20(3)39-22(5)34/h8-10,12-13,19-21,23-26,29,37H,11,14-17H2,1-7H3,(H,31,35)(H,32,36)/b12-9+,13-10-,18-8+/t19-,20-,21?,23+,24?,25-,26+,29+,30+/m0/s1. The third-order valence-corrected chi connectivity index (χ3v) is 7.69. The predicted octanol–water partition coefficient (Wildman–Crippen LogP) is 1.96. The highest BCUT2D eigenvalue weighted by Crippen LogP contribution is 2.43. The Morgan fingerprint density at radius 1 is 1.17 bits per heavy atom. The lowest BCUT2D eigenvalue weighted by Crippen LogP contribution is -2.51. The molecule has 11 nitrogen and oxygen atoms in total. The molecule has 3 aliphatic heterocycles. The molecule has 2 unspecified atom stereocenters. The number of aliphatic hydroxyl groups excluding tert-OH is 1. The highest BCUT2D eigenvalue weighted by molar-refractivity contribution is 5.87. The minimum absolute atomic E-state index is 0.000256. The molecule has 3 aliphatic rings. The molecule has 0 radical (unpaired) electrons. The number of nitrogens with zero attached hydrogens (tertiary/aromatic N) is 1. The molecular formula is C30H47N3O8. The van der Waals surface area contributed by atoms with Crippen molar-refractivity contribution < 1.29 is 38.4 Å².